The van der Waals surface area contributed by atoms with Crippen LogP contribution in [0, 0.1) is 5.82 Å². The third kappa shape index (κ3) is 6.23. The summed E-state index contributed by atoms with van der Waals surface area (Å²) in [6, 6.07) is 6.42. The molecule has 130 valence electrons. The molecule has 1 heterocycles. The number of hydrogen-bond acceptors (Lipinski definition) is 3. The fourth-order valence-electron chi connectivity index (χ4n) is 2.45. The highest BCUT2D eigenvalue weighted by Crippen LogP contribution is 2.23. The van der Waals surface area contributed by atoms with Crippen LogP contribution in [0.15, 0.2) is 29.3 Å². The molecule has 1 aliphatic rings. The second kappa shape index (κ2) is 10.0. The number of aliphatic imine (C=N–C) groups is 1. The van der Waals surface area contributed by atoms with Crippen molar-refractivity contribution >= 4 is 29.9 Å². The molecule has 1 aromatic carbocycles. The number of rotatable bonds is 5. The zero-order valence-electron chi connectivity index (χ0n) is 13.6. The minimum atomic E-state index is -0.229. The van der Waals surface area contributed by atoms with E-state index in [1.165, 1.54) is 12.1 Å². The smallest absolute Gasteiger partial charge is 0.191 e. The van der Waals surface area contributed by atoms with Gasteiger partial charge in [0.25, 0.3) is 0 Å². The summed E-state index contributed by atoms with van der Waals surface area (Å²) in [5.41, 5.74) is 0.794. The summed E-state index contributed by atoms with van der Waals surface area (Å²) in [6.07, 6.45) is 1.73. The Balaban J connectivity index is 0.00000264. The van der Waals surface area contributed by atoms with Crippen LogP contribution in [0.5, 0.6) is 0 Å². The van der Waals surface area contributed by atoms with Gasteiger partial charge in [0, 0.05) is 53.3 Å². The molecule has 1 aliphatic heterocycles. The summed E-state index contributed by atoms with van der Waals surface area (Å²) in [5.74, 6) is 0.472. The highest BCUT2D eigenvalue weighted by molar-refractivity contribution is 14.0. The Morgan fingerprint density at radius 1 is 1.26 bits per heavy atom. The van der Waals surface area contributed by atoms with Gasteiger partial charge in [0.2, 0.25) is 0 Å². The van der Waals surface area contributed by atoms with Gasteiger partial charge in [-0.25, -0.2) is 4.39 Å². The number of halogens is 2. The molecule has 1 saturated heterocycles. The highest BCUT2D eigenvalue weighted by atomic mass is 127. The molecule has 0 saturated carbocycles. The number of ether oxygens (including phenoxy) is 2. The van der Waals surface area contributed by atoms with E-state index in [1.807, 2.05) is 0 Å². The molecule has 0 radical (unpaired) electrons. The molecule has 2 N–H and O–H groups in total. The lowest BCUT2D eigenvalue weighted by molar-refractivity contribution is -0.0855. The van der Waals surface area contributed by atoms with E-state index in [2.05, 4.69) is 15.6 Å². The van der Waals surface area contributed by atoms with E-state index in [0.29, 0.717) is 19.0 Å². The third-order valence-electron chi connectivity index (χ3n) is 4.01. The normalized spacial score (nSPS) is 17.3. The number of nitrogens with one attached hydrogen (secondary N) is 2. The Hall–Kier alpha value is -0.930. The van der Waals surface area contributed by atoms with Gasteiger partial charge in [0.1, 0.15) is 5.82 Å². The van der Waals surface area contributed by atoms with Crippen molar-refractivity contribution in [3.05, 3.63) is 35.6 Å². The molecule has 0 amide bonds. The van der Waals surface area contributed by atoms with Gasteiger partial charge in [-0.2, -0.15) is 0 Å². The Labute approximate surface area is 154 Å². The van der Waals surface area contributed by atoms with Crippen LogP contribution in [0.25, 0.3) is 0 Å². The van der Waals surface area contributed by atoms with Crippen LogP contribution in [0.4, 0.5) is 4.39 Å². The first kappa shape index (κ1) is 20.1. The second-order valence-electron chi connectivity index (χ2n) is 5.41. The SMILES string of the molecule is CN=C(NCc1ccc(F)cc1)NCC1(OC)CCOCC1.I. The minimum Gasteiger partial charge on any atom is -0.381 e. The quantitative estimate of drug-likeness (QED) is 0.422. The molecule has 0 spiro atoms. The van der Waals surface area contributed by atoms with Crippen molar-refractivity contribution in [2.45, 2.75) is 25.0 Å². The zero-order chi connectivity index (χ0) is 15.8. The van der Waals surface area contributed by atoms with Crippen molar-refractivity contribution < 1.29 is 13.9 Å². The fraction of sp³-hybridized carbons (Fsp3) is 0.562. The van der Waals surface area contributed by atoms with Gasteiger partial charge < -0.3 is 20.1 Å². The predicted octanol–water partition coefficient (Wildman–Crippen LogP) is 2.30. The van der Waals surface area contributed by atoms with Crippen LogP contribution in [0.3, 0.4) is 0 Å². The number of methoxy groups -OCH3 is 1. The molecule has 0 unspecified atom stereocenters. The summed E-state index contributed by atoms with van der Waals surface area (Å²) in [7, 11) is 3.46. The number of benzene rings is 1. The molecule has 0 aromatic heterocycles. The van der Waals surface area contributed by atoms with Crippen LogP contribution < -0.4 is 10.6 Å². The van der Waals surface area contributed by atoms with Gasteiger partial charge in [0.15, 0.2) is 5.96 Å². The molecule has 1 fully saturated rings. The lowest BCUT2D eigenvalue weighted by atomic mass is 9.94. The molecule has 2 rings (SSSR count). The van der Waals surface area contributed by atoms with Gasteiger partial charge in [0.05, 0.1) is 5.60 Å². The van der Waals surface area contributed by atoms with Crippen molar-refractivity contribution in [3.63, 3.8) is 0 Å². The predicted molar refractivity (Wildman–Crippen MR) is 99.8 cm³/mol. The summed E-state index contributed by atoms with van der Waals surface area (Å²) in [5, 5.41) is 6.51. The minimum absolute atomic E-state index is 0. The van der Waals surface area contributed by atoms with Crippen LogP contribution in [-0.4, -0.2) is 45.5 Å². The number of guanidine groups is 1. The maximum atomic E-state index is 12.9. The monoisotopic (exact) mass is 437 g/mol. The van der Waals surface area contributed by atoms with Crippen LogP contribution in [0.1, 0.15) is 18.4 Å². The number of hydrogen-bond donors (Lipinski definition) is 2. The molecule has 1 aromatic rings. The van der Waals surface area contributed by atoms with Crippen molar-refractivity contribution in [3.8, 4) is 0 Å². The van der Waals surface area contributed by atoms with E-state index in [-0.39, 0.29) is 35.4 Å². The highest BCUT2D eigenvalue weighted by Gasteiger charge is 2.32. The van der Waals surface area contributed by atoms with E-state index in [1.54, 1.807) is 26.3 Å². The Bertz CT molecular complexity index is 491. The third-order valence-corrected chi connectivity index (χ3v) is 4.01. The van der Waals surface area contributed by atoms with E-state index >= 15 is 0 Å². The average Bonchev–Trinajstić information content (AvgIpc) is 2.57. The van der Waals surface area contributed by atoms with Gasteiger partial charge in [-0.1, -0.05) is 12.1 Å². The lowest BCUT2D eigenvalue weighted by Gasteiger charge is -2.36. The summed E-state index contributed by atoms with van der Waals surface area (Å²) < 4.78 is 24.0. The fourth-order valence-corrected chi connectivity index (χ4v) is 2.45. The van der Waals surface area contributed by atoms with Gasteiger partial charge in [-0.15, -0.1) is 24.0 Å². The maximum Gasteiger partial charge on any atom is 0.191 e. The Morgan fingerprint density at radius 3 is 2.48 bits per heavy atom. The van der Waals surface area contributed by atoms with Gasteiger partial charge >= 0.3 is 0 Å². The molecule has 0 aliphatic carbocycles. The van der Waals surface area contributed by atoms with Crippen molar-refractivity contribution in [1.29, 1.82) is 0 Å². The van der Waals surface area contributed by atoms with E-state index in [0.717, 1.165) is 31.6 Å². The second-order valence-corrected chi connectivity index (χ2v) is 5.41. The molecular formula is C16H25FIN3O2. The summed E-state index contributed by atoms with van der Waals surface area (Å²) in [4.78, 5) is 4.20. The first-order valence-electron chi connectivity index (χ1n) is 7.49. The van der Waals surface area contributed by atoms with Crippen molar-refractivity contribution in [1.82, 2.24) is 10.6 Å². The van der Waals surface area contributed by atoms with Crippen molar-refractivity contribution in [2.24, 2.45) is 4.99 Å². The van der Waals surface area contributed by atoms with Crippen molar-refractivity contribution in [2.75, 3.05) is 33.9 Å². The first-order chi connectivity index (χ1) is 10.7. The van der Waals surface area contributed by atoms with Gasteiger partial charge in [-0.3, -0.25) is 4.99 Å². The Morgan fingerprint density at radius 2 is 1.91 bits per heavy atom. The molecular weight excluding hydrogens is 412 g/mol. The zero-order valence-corrected chi connectivity index (χ0v) is 15.9. The summed E-state index contributed by atoms with van der Waals surface area (Å²) in [6.45, 7) is 2.70. The summed E-state index contributed by atoms with van der Waals surface area (Å²) >= 11 is 0. The number of nitrogens with zero attached hydrogens (tertiary/aromatic N) is 1. The van der Waals surface area contributed by atoms with Crippen LogP contribution in [-0.2, 0) is 16.0 Å². The molecule has 0 bridgehead atoms. The standard InChI is InChI=1S/C16H24FN3O2.HI/c1-18-15(19-11-13-3-5-14(17)6-4-13)20-12-16(21-2)7-9-22-10-8-16;/h3-6H,7-12H2,1-2H3,(H2,18,19,20);1H. The maximum absolute atomic E-state index is 12.9. The van der Waals surface area contributed by atoms with E-state index < -0.39 is 0 Å². The lowest BCUT2D eigenvalue weighted by Crippen LogP contribution is -2.50. The molecule has 5 nitrogen and oxygen atoms in total. The average molecular weight is 437 g/mol. The molecule has 23 heavy (non-hydrogen) atoms. The van der Waals surface area contributed by atoms with Crippen LogP contribution >= 0.6 is 24.0 Å². The molecule has 7 heteroatoms. The van der Waals surface area contributed by atoms with E-state index in [9.17, 15) is 4.39 Å². The topological polar surface area (TPSA) is 54.9 Å². The Kier molecular flexibility index (Phi) is 8.78. The first-order valence-corrected chi connectivity index (χ1v) is 7.49. The van der Waals surface area contributed by atoms with Gasteiger partial charge in [-0.05, 0) is 17.7 Å². The van der Waals surface area contributed by atoms with E-state index in [4.69, 9.17) is 9.47 Å². The van der Waals surface area contributed by atoms with Crippen LogP contribution in [0.2, 0.25) is 0 Å². The molecule has 0 atom stereocenters. The largest absolute Gasteiger partial charge is 0.381 e.